The molecule has 3 heterocycles. The van der Waals surface area contributed by atoms with Gasteiger partial charge < -0.3 is 19.9 Å². The highest BCUT2D eigenvalue weighted by Crippen LogP contribution is 2.24. The third-order valence-corrected chi connectivity index (χ3v) is 4.23. The monoisotopic (exact) mass is 304 g/mol. The molecular formula is C16H24N4O2. The molecule has 2 aliphatic rings. The van der Waals surface area contributed by atoms with E-state index in [1.807, 2.05) is 17.0 Å². The maximum Gasteiger partial charge on any atom is 0.321 e. The number of hydrogen-bond acceptors (Lipinski definition) is 4. The largest absolute Gasteiger partial charge is 0.378 e. The second-order valence-corrected chi connectivity index (χ2v) is 5.81. The third kappa shape index (κ3) is 3.68. The number of nitrogens with zero attached hydrogens (tertiary/aromatic N) is 3. The fourth-order valence-electron chi connectivity index (χ4n) is 2.99. The lowest BCUT2D eigenvalue weighted by molar-refractivity contribution is 0.122. The summed E-state index contributed by atoms with van der Waals surface area (Å²) in [7, 11) is 0. The van der Waals surface area contributed by atoms with Gasteiger partial charge >= 0.3 is 6.03 Å². The SMILES string of the molecule is O=C(Nc1cccnc1N1CCOCC1)N1CCCCCC1. The van der Waals surface area contributed by atoms with Crippen molar-refractivity contribution >= 4 is 17.5 Å². The zero-order valence-corrected chi connectivity index (χ0v) is 13.0. The smallest absolute Gasteiger partial charge is 0.321 e. The van der Waals surface area contributed by atoms with Crippen LogP contribution >= 0.6 is 0 Å². The van der Waals surface area contributed by atoms with E-state index in [4.69, 9.17) is 4.74 Å². The molecule has 6 nitrogen and oxygen atoms in total. The summed E-state index contributed by atoms with van der Waals surface area (Å²) in [5, 5.41) is 3.05. The maximum atomic E-state index is 12.5. The molecule has 0 bridgehead atoms. The van der Waals surface area contributed by atoms with Crippen LogP contribution in [0.5, 0.6) is 0 Å². The van der Waals surface area contributed by atoms with Crippen molar-refractivity contribution < 1.29 is 9.53 Å². The van der Waals surface area contributed by atoms with Gasteiger partial charge in [-0.25, -0.2) is 9.78 Å². The first-order valence-corrected chi connectivity index (χ1v) is 8.18. The number of urea groups is 1. The quantitative estimate of drug-likeness (QED) is 0.911. The van der Waals surface area contributed by atoms with Gasteiger partial charge in [-0.2, -0.15) is 0 Å². The molecule has 0 saturated carbocycles. The first-order chi connectivity index (χ1) is 10.8. The summed E-state index contributed by atoms with van der Waals surface area (Å²) in [6.07, 6.45) is 6.39. The molecule has 1 aromatic heterocycles. The van der Waals surface area contributed by atoms with Gasteiger partial charge in [-0.3, -0.25) is 0 Å². The summed E-state index contributed by atoms with van der Waals surface area (Å²) < 4.78 is 5.39. The first-order valence-electron chi connectivity index (χ1n) is 8.18. The Bertz CT molecular complexity index is 495. The number of ether oxygens (including phenoxy) is 1. The number of carbonyl (C=O) groups is 1. The lowest BCUT2D eigenvalue weighted by Crippen LogP contribution is -2.39. The summed E-state index contributed by atoms with van der Waals surface area (Å²) in [6, 6.07) is 3.78. The van der Waals surface area contributed by atoms with Gasteiger partial charge in [0.2, 0.25) is 0 Å². The maximum absolute atomic E-state index is 12.5. The van der Waals surface area contributed by atoms with Gasteiger partial charge in [0, 0.05) is 32.4 Å². The average Bonchev–Trinajstić information content (AvgIpc) is 2.85. The lowest BCUT2D eigenvalue weighted by Gasteiger charge is -2.30. The third-order valence-electron chi connectivity index (χ3n) is 4.23. The zero-order chi connectivity index (χ0) is 15.2. The Balaban J connectivity index is 1.69. The molecule has 0 atom stereocenters. The highest BCUT2D eigenvalue weighted by molar-refractivity contribution is 5.92. The van der Waals surface area contributed by atoms with E-state index in [0.29, 0.717) is 13.2 Å². The Morgan fingerprint density at radius 3 is 2.55 bits per heavy atom. The number of likely N-dealkylation sites (tertiary alicyclic amines) is 1. The zero-order valence-electron chi connectivity index (χ0n) is 13.0. The summed E-state index contributed by atoms with van der Waals surface area (Å²) in [6.45, 7) is 4.72. The van der Waals surface area contributed by atoms with E-state index in [9.17, 15) is 4.79 Å². The predicted octanol–water partition coefficient (Wildman–Crippen LogP) is 2.33. The molecule has 0 aliphatic carbocycles. The molecule has 0 spiro atoms. The van der Waals surface area contributed by atoms with Gasteiger partial charge in [-0.1, -0.05) is 12.8 Å². The minimum Gasteiger partial charge on any atom is -0.378 e. The Kier molecular flexibility index (Phi) is 5.11. The molecule has 1 aromatic rings. The van der Waals surface area contributed by atoms with Gasteiger partial charge in [-0.15, -0.1) is 0 Å². The Morgan fingerprint density at radius 1 is 1.09 bits per heavy atom. The Labute approximate surface area is 131 Å². The molecule has 0 radical (unpaired) electrons. The van der Waals surface area contributed by atoms with Crippen molar-refractivity contribution in [3.8, 4) is 0 Å². The molecule has 3 rings (SSSR count). The van der Waals surface area contributed by atoms with Crippen LogP contribution in [0.15, 0.2) is 18.3 Å². The van der Waals surface area contributed by atoms with Gasteiger partial charge in [0.25, 0.3) is 0 Å². The number of rotatable bonds is 2. The first kappa shape index (κ1) is 15.1. The fourth-order valence-corrected chi connectivity index (χ4v) is 2.99. The molecule has 0 unspecified atom stereocenters. The van der Waals surface area contributed by atoms with Crippen molar-refractivity contribution in [1.82, 2.24) is 9.88 Å². The second-order valence-electron chi connectivity index (χ2n) is 5.81. The number of morpholine rings is 1. The van der Waals surface area contributed by atoms with E-state index in [-0.39, 0.29) is 6.03 Å². The highest BCUT2D eigenvalue weighted by Gasteiger charge is 2.20. The van der Waals surface area contributed by atoms with Crippen molar-refractivity contribution in [3.63, 3.8) is 0 Å². The van der Waals surface area contributed by atoms with Gasteiger partial charge in [0.1, 0.15) is 0 Å². The molecule has 0 aromatic carbocycles. The molecule has 2 saturated heterocycles. The Morgan fingerprint density at radius 2 is 1.82 bits per heavy atom. The summed E-state index contributed by atoms with van der Waals surface area (Å²) in [4.78, 5) is 21.0. The predicted molar refractivity (Wildman–Crippen MR) is 86.3 cm³/mol. The molecule has 2 aliphatic heterocycles. The molecule has 1 N–H and O–H groups in total. The van der Waals surface area contributed by atoms with E-state index < -0.39 is 0 Å². The van der Waals surface area contributed by atoms with Crippen LogP contribution in [0.1, 0.15) is 25.7 Å². The lowest BCUT2D eigenvalue weighted by atomic mass is 10.2. The van der Waals surface area contributed by atoms with Gasteiger partial charge in [0.15, 0.2) is 5.82 Å². The summed E-state index contributed by atoms with van der Waals surface area (Å²) >= 11 is 0. The number of nitrogens with one attached hydrogen (secondary N) is 1. The summed E-state index contributed by atoms with van der Waals surface area (Å²) in [5.41, 5.74) is 0.790. The van der Waals surface area contributed by atoms with E-state index in [1.54, 1.807) is 6.20 Å². The number of pyridine rings is 1. The van der Waals surface area contributed by atoms with Crippen molar-refractivity contribution in [3.05, 3.63) is 18.3 Å². The van der Waals surface area contributed by atoms with Crippen LogP contribution in [0.25, 0.3) is 0 Å². The minimum atomic E-state index is -0.00981. The molecule has 6 heteroatoms. The number of hydrogen-bond donors (Lipinski definition) is 1. The van der Waals surface area contributed by atoms with Crippen molar-refractivity contribution in [2.75, 3.05) is 49.6 Å². The number of anilines is 2. The Hall–Kier alpha value is -1.82. The van der Waals surface area contributed by atoms with Crippen molar-refractivity contribution in [1.29, 1.82) is 0 Å². The number of amides is 2. The highest BCUT2D eigenvalue weighted by atomic mass is 16.5. The number of carbonyl (C=O) groups excluding carboxylic acids is 1. The normalized spacial score (nSPS) is 19.6. The average molecular weight is 304 g/mol. The number of aromatic nitrogens is 1. The van der Waals surface area contributed by atoms with E-state index in [0.717, 1.165) is 50.5 Å². The van der Waals surface area contributed by atoms with Crippen molar-refractivity contribution in [2.45, 2.75) is 25.7 Å². The van der Waals surface area contributed by atoms with Crippen molar-refractivity contribution in [2.24, 2.45) is 0 Å². The van der Waals surface area contributed by atoms with Crippen LogP contribution in [-0.2, 0) is 4.74 Å². The molecular weight excluding hydrogens is 280 g/mol. The van der Waals surface area contributed by atoms with Gasteiger partial charge in [0.05, 0.1) is 18.9 Å². The van der Waals surface area contributed by atoms with Crippen LogP contribution in [0.3, 0.4) is 0 Å². The molecule has 2 fully saturated rings. The molecule has 22 heavy (non-hydrogen) atoms. The minimum absolute atomic E-state index is 0.00981. The van der Waals surface area contributed by atoms with E-state index in [2.05, 4.69) is 15.2 Å². The fraction of sp³-hybridized carbons (Fsp3) is 0.625. The van der Waals surface area contributed by atoms with Gasteiger partial charge in [-0.05, 0) is 25.0 Å². The standard InChI is InChI=1S/C16H24N4O2/c21-16(20-8-3-1-2-4-9-20)18-14-6-5-7-17-15(14)19-10-12-22-13-11-19/h5-7H,1-4,8-13H2,(H,18,21). The second kappa shape index (κ2) is 7.45. The van der Waals surface area contributed by atoms with E-state index in [1.165, 1.54) is 12.8 Å². The van der Waals surface area contributed by atoms with Crippen LogP contribution in [-0.4, -0.2) is 55.3 Å². The van der Waals surface area contributed by atoms with Crippen LogP contribution in [0.2, 0.25) is 0 Å². The topological polar surface area (TPSA) is 57.7 Å². The molecule has 120 valence electrons. The molecule has 2 amide bonds. The van der Waals surface area contributed by atoms with Crippen LogP contribution < -0.4 is 10.2 Å². The van der Waals surface area contributed by atoms with Crippen LogP contribution in [0, 0.1) is 0 Å². The van der Waals surface area contributed by atoms with E-state index >= 15 is 0 Å². The summed E-state index contributed by atoms with van der Waals surface area (Å²) in [5.74, 6) is 0.842. The van der Waals surface area contributed by atoms with Crippen LogP contribution in [0.4, 0.5) is 16.3 Å².